The van der Waals surface area contributed by atoms with Crippen molar-refractivity contribution in [2.45, 2.75) is 0 Å². The van der Waals surface area contributed by atoms with E-state index in [1.54, 1.807) is 38.5 Å². The van der Waals surface area contributed by atoms with E-state index < -0.39 is 0 Å². The van der Waals surface area contributed by atoms with Gasteiger partial charge >= 0.3 is 0 Å². The number of ether oxygens (including phenoxy) is 2. The van der Waals surface area contributed by atoms with Crippen LogP contribution in [0.15, 0.2) is 43.2 Å². The Balaban J connectivity index is 2.14. The summed E-state index contributed by atoms with van der Waals surface area (Å²) in [4.78, 5) is 20.0. The van der Waals surface area contributed by atoms with Crippen LogP contribution in [-0.4, -0.2) is 36.6 Å². The molecule has 0 saturated heterocycles. The molecular formula is C16H18N4O3. The third-order valence-electron chi connectivity index (χ3n) is 2.97. The number of benzene rings is 1. The Morgan fingerprint density at radius 1 is 1.26 bits per heavy atom. The van der Waals surface area contributed by atoms with Gasteiger partial charge in [0.15, 0.2) is 0 Å². The van der Waals surface area contributed by atoms with Crippen LogP contribution in [0.2, 0.25) is 0 Å². The molecule has 1 aromatic heterocycles. The summed E-state index contributed by atoms with van der Waals surface area (Å²) in [6, 6.07) is 5.34. The van der Waals surface area contributed by atoms with Crippen molar-refractivity contribution in [2.24, 2.45) is 0 Å². The summed E-state index contributed by atoms with van der Waals surface area (Å²) in [5.74, 6) is 1.39. The Labute approximate surface area is 134 Å². The first kappa shape index (κ1) is 16.3. The Bertz CT molecular complexity index is 686. The molecule has 1 amide bonds. The minimum absolute atomic E-state index is 0.254. The average molecular weight is 314 g/mol. The normalized spacial score (nSPS) is 9.83. The molecule has 2 aromatic rings. The smallest absolute Gasteiger partial charge is 0.254 e. The molecule has 23 heavy (non-hydrogen) atoms. The second-order valence-electron chi connectivity index (χ2n) is 4.49. The lowest BCUT2D eigenvalue weighted by Crippen LogP contribution is -2.23. The first-order valence-electron chi connectivity index (χ1n) is 6.88. The molecule has 2 N–H and O–H groups in total. The number of hydrogen-bond donors (Lipinski definition) is 2. The maximum absolute atomic E-state index is 11.8. The van der Waals surface area contributed by atoms with Gasteiger partial charge in [0.2, 0.25) is 5.95 Å². The zero-order valence-electron chi connectivity index (χ0n) is 13.0. The lowest BCUT2D eigenvalue weighted by Gasteiger charge is -2.11. The molecule has 0 fully saturated rings. The first-order chi connectivity index (χ1) is 11.2. The minimum atomic E-state index is -0.254. The molecule has 0 atom stereocenters. The second kappa shape index (κ2) is 7.79. The fourth-order valence-electron chi connectivity index (χ4n) is 1.81. The molecule has 7 nitrogen and oxygen atoms in total. The quantitative estimate of drug-likeness (QED) is 0.762. The van der Waals surface area contributed by atoms with E-state index in [2.05, 4.69) is 27.2 Å². The van der Waals surface area contributed by atoms with Crippen molar-refractivity contribution in [1.82, 2.24) is 15.3 Å². The lowest BCUT2D eigenvalue weighted by molar-refractivity contribution is 0.0957. The van der Waals surface area contributed by atoms with Gasteiger partial charge < -0.3 is 20.1 Å². The standard InChI is InChI=1S/C16H18N4O3/c1-4-7-17-15(21)11-9-18-16(19-10-11)20-13-8-12(22-2)5-6-14(13)23-3/h4-6,8-10H,1,7H2,2-3H3,(H,17,21)(H,18,19,20). The number of anilines is 2. The van der Waals surface area contributed by atoms with E-state index in [1.165, 1.54) is 12.4 Å². The van der Waals surface area contributed by atoms with Gasteiger partial charge in [0, 0.05) is 25.0 Å². The molecule has 0 aliphatic heterocycles. The van der Waals surface area contributed by atoms with Gasteiger partial charge in [-0.05, 0) is 12.1 Å². The number of aromatic nitrogens is 2. The van der Waals surface area contributed by atoms with Crippen LogP contribution in [0.25, 0.3) is 0 Å². The predicted octanol–water partition coefficient (Wildman–Crippen LogP) is 2.15. The van der Waals surface area contributed by atoms with E-state index in [4.69, 9.17) is 9.47 Å². The van der Waals surface area contributed by atoms with E-state index in [1.807, 2.05) is 0 Å². The van der Waals surface area contributed by atoms with Crippen molar-refractivity contribution in [3.05, 3.63) is 48.8 Å². The van der Waals surface area contributed by atoms with E-state index in [-0.39, 0.29) is 5.91 Å². The zero-order chi connectivity index (χ0) is 16.7. The third kappa shape index (κ3) is 4.19. The summed E-state index contributed by atoms with van der Waals surface area (Å²) in [5.41, 5.74) is 1.03. The summed E-state index contributed by atoms with van der Waals surface area (Å²) in [7, 11) is 3.15. The fourth-order valence-corrected chi connectivity index (χ4v) is 1.81. The van der Waals surface area contributed by atoms with Gasteiger partial charge in [-0.2, -0.15) is 0 Å². The van der Waals surface area contributed by atoms with Crippen LogP contribution in [0.4, 0.5) is 11.6 Å². The van der Waals surface area contributed by atoms with Crippen molar-refractivity contribution < 1.29 is 14.3 Å². The fraction of sp³-hybridized carbons (Fsp3) is 0.188. The highest BCUT2D eigenvalue weighted by Crippen LogP contribution is 2.30. The van der Waals surface area contributed by atoms with Crippen molar-refractivity contribution in [3.8, 4) is 11.5 Å². The molecule has 0 aliphatic carbocycles. The number of methoxy groups -OCH3 is 2. The summed E-state index contributed by atoms with van der Waals surface area (Å²) >= 11 is 0. The number of amides is 1. The van der Waals surface area contributed by atoms with Gasteiger partial charge in [0.05, 0.1) is 25.5 Å². The molecule has 1 heterocycles. The van der Waals surface area contributed by atoms with Crippen molar-refractivity contribution in [3.63, 3.8) is 0 Å². The molecule has 120 valence electrons. The first-order valence-corrected chi connectivity index (χ1v) is 6.88. The third-order valence-corrected chi connectivity index (χ3v) is 2.97. The maximum atomic E-state index is 11.8. The molecule has 2 rings (SSSR count). The molecule has 0 unspecified atom stereocenters. The zero-order valence-corrected chi connectivity index (χ0v) is 13.0. The summed E-state index contributed by atoms with van der Waals surface area (Å²) in [6.45, 7) is 3.93. The number of rotatable bonds is 7. The molecule has 0 bridgehead atoms. The van der Waals surface area contributed by atoms with Crippen LogP contribution in [-0.2, 0) is 0 Å². The lowest BCUT2D eigenvalue weighted by atomic mass is 10.2. The molecule has 0 radical (unpaired) electrons. The molecule has 0 saturated carbocycles. The summed E-state index contributed by atoms with van der Waals surface area (Å²) in [6.07, 6.45) is 4.49. The SMILES string of the molecule is C=CCNC(=O)c1cnc(Nc2cc(OC)ccc2OC)nc1. The number of nitrogens with one attached hydrogen (secondary N) is 2. The van der Waals surface area contributed by atoms with E-state index >= 15 is 0 Å². The van der Waals surface area contributed by atoms with Gasteiger partial charge in [-0.25, -0.2) is 9.97 Å². The Morgan fingerprint density at radius 2 is 2.00 bits per heavy atom. The van der Waals surface area contributed by atoms with Crippen LogP contribution < -0.4 is 20.1 Å². The van der Waals surface area contributed by atoms with Crippen LogP contribution >= 0.6 is 0 Å². The highest BCUT2D eigenvalue weighted by atomic mass is 16.5. The Hall–Kier alpha value is -3.09. The minimum Gasteiger partial charge on any atom is -0.497 e. The predicted molar refractivity (Wildman–Crippen MR) is 87.4 cm³/mol. The highest BCUT2D eigenvalue weighted by Gasteiger charge is 2.09. The summed E-state index contributed by atoms with van der Waals surface area (Å²) < 4.78 is 10.5. The van der Waals surface area contributed by atoms with Crippen LogP contribution in [0.1, 0.15) is 10.4 Å². The van der Waals surface area contributed by atoms with Gasteiger partial charge in [-0.1, -0.05) is 6.08 Å². The summed E-state index contributed by atoms with van der Waals surface area (Å²) in [5, 5.41) is 5.69. The van der Waals surface area contributed by atoms with Gasteiger partial charge in [-0.15, -0.1) is 6.58 Å². The van der Waals surface area contributed by atoms with Gasteiger partial charge in [0.1, 0.15) is 11.5 Å². The number of carbonyl (C=O) groups is 1. The van der Waals surface area contributed by atoms with Crippen molar-refractivity contribution in [1.29, 1.82) is 0 Å². The monoisotopic (exact) mass is 314 g/mol. The topological polar surface area (TPSA) is 85.4 Å². The Morgan fingerprint density at radius 3 is 2.61 bits per heavy atom. The van der Waals surface area contributed by atoms with E-state index in [9.17, 15) is 4.79 Å². The second-order valence-corrected chi connectivity index (χ2v) is 4.49. The van der Waals surface area contributed by atoms with Crippen LogP contribution in [0.5, 0.6) is 11.5 Å². The molecule has 1 aromatic carbocycles. The van der Waals surface area contributed by atoms with E-state index in [0.29, 0.717) is 35.2 Å². The number of carbonyl (C=O) groups excluding carboxylic acids is 1. The maximum Gasteiger partial charge on any atom is 0.254 e. The molecule has 7 heteroatoms. The average Bonchev–Trinajstić information content (AvgIpc) is 2.60. The molecule has 0 aliphatic rings. The largest absolute Gasteiger partial charge is 0.497 e. The van der Waals surface area contributed by atoms with Crippen molar-refractivity contribution in [2.75, 3.05) is 26.1 Å². The molecular weight excluding hydrogens is 296 g/mol. The Kier molecular flexibility index (Phi) is 5.51. The van der Waals surface area contributed by atoms with Gasteiger partial charge in [-0.3, -0.25) is 4.79 Å². The molecule has 0 spiro atoms. The van der Waals surface area contributed by atoms with Crippen LogP contribution in [0.3, 0.4) is 0 Å². The number of hydrogen-bond acceptors (Lipinski definition) is 6. The number of nitrogens with zero attached hydrogens (tertiary/aromatic N) is 2. The van der Waals surface area contributed by atoms with E-state index in [0.717, 1.165) is 0 Å². The van der Waals surface area contributed by atoms with Crippen LogP contribution in [0, 0.1) is 0 Å². The van der Waals surface area contributed by atoms with Gasteiger partial charge in [0.25, 0.3) is 5.91 Å². The highest BCUT2D eigenvalue weighted by molar-refractivity contribution is 5.93. The van der Waals surface area contributed by atoms with Crippen molar-refractivity contribution >= 4 is 17.5 Å².